The normalized spacial score (nSPS) is 13.9. The van der Waals surface area contributed by atoms with E-state index in [9.17, 15) is 9.59 Å². The van der Waals surface area contributed by atoms with Gasteiger partial charge in [0.1, 0.15) is 11.7 Å². The first-order valence-electron chi connectivity index (χ1n) is 16.8. The number of unbranched alkanes of at least 4 members (excludes halogenated alkanes) is 15. The van der Waals surface area contributed by atoms with E-state index in [0.29, 0.717) is 18.9 Å². The molecular weight excluding hydrogens is 456 g/mol. The summed E-state index contributed by atoms with van der Waals surface area (Å²) in [5.74, 6) is -0.223. The number of carbonyl (C=O) groups excluding carboxylic acids is 2. The third kappa shape index (κ3) is 19.8. The highest BCUT2D eigenvalue weighted by molar-refractivity contribution is 6.00. The van der Waals surface area contributed by atoms with Gasteiger partial charge in [0.2, 0.25) is 0 Å². The molecule has 3 unspecified atom stereocenters. The molecule has 0 aliphatic carbocycles. The number of ketones is 1. The van der Waals surface area contributed by atoms with Crippen molar-refractivity contribution in [1.29, 1.82) is 0 Å². The monoisotopic (exact) mass is 523 g/mol. The van der Waals surface area contributed by atoms with Crippen LogP contribution in [0.4, 0.5) is 0 Å². The number of hydrogen-bond donors (Lipinski definition) is 0. The maximum Gasteiger partial charge on any atom is 0.316 e. The van der Waals surface area contributed by atoms with E-state index in [2.05, 4.69) is 34.6 Å². The van der Waals surface area contributed by atoms with Gasteiger partial charge < -0.3 is 4.74 Å². The van der Waals surface area contributed by atoms with E-state index in [1.807, 2.05) is 0 Å². The Kier molecular flexibility index (Phi) is 26.1. The van der Waals surface area contributed by atoms with Crippen LogP contribution >= 0.6 is 0 Å². The molecule has 0 fully saturated rings. The summed E-state index contributed by atoms with van der Waals surface area (Å²) in [6.45, 7) is 11.4. The van der Waals surface area contributed by atoms with Gasteiger partial charge in [-0.15, -0.1) is 0 Å². The molecule has 0 amide bonds. The van der Waals surface area contributed by atoms with E-state index < -0.39 is 5.92 Å². The van der Waals surface area contributed by atoms with Gasteiger partial charge >= 0.3 is 5.97 Å². The molecule has 0 spiro atoms. The lowest BCUT2D eigenvalue weighted by molar-refractivity contribution is -0.154. The molecule has 3 heteroatoms. The molecule has 3 nitrogen and oxygen atoms in total. The van der Waals surface area contributed by atoms with Crippen molar-refractivity contribution in [2.45, 2.75) is 182 Å². The van der Waals surface area contributed by atoms with Crippen molar-refractivity contribution in [3.05, 3.63) is 0 Å². The van der Waals surface area contributed by atoms with Crippen molar-refractivity contribution in [3.8, 4) is 0 Å². The molecule has 0 aliphatic heterocycles. The van der Waals surface area contributed by atoms with Crippen LogP contribution in [0.25, 0.3) is 0 Å². The lowest BCUT2D eigenvalue weighted by atomic mass is 9.84. The molecule has 0 aromatic carbocycles. The Morgan fingerprint density at radius 2 is 0.973 bits per heavy atom. The smallest absolute Gasteiger partial charge is 0.316 e. The van der Waals surface area contributed by atoms with E-state index in [1.165, 1.54) is 89.9 Å². The van der Waals surface area contributed by atoms with Gasteiger partial charge in [0.05, 0.1) is 6.61 Å². The van der Waals surface area contributed by atoms with Crippen LogP contribution in [0.2, 0.25) is 0 Å². The second-order valence-electron chi connectivity index (χ2n) is 11.6. The molecule has 37 heavy (non-hydrogen) atoms. The van der Waals surface area contributed by atoms with Crippen LogP contribution in [-0.2, 0) is 14.3 Å². The van der Waals surface area contributed by atoms with Gasteiger partial charge in [-0.2, -0.15) is 0 Å². The number of rotatable bonds is 28. The summed E-state index contributed by atoms with van der Waals surface area (Å²) in [7, 11) is 0. The minimum atomic E-state index is -0.553. The van der Waals surface area contributed by atoms with Gasteiger partial charge in [0, 0.05) is 5.92 Å². The zero-order chi connectivity index (χ0) is 27.6. The van der Waals surface area contributed by atoms with Crippen LogP contribution in [0.15, 0.2) is 0 Å². The van der Waals surface area contributed by atoms with E-state index in [0.717, 1.165) is 51.4 Å². The Morgan fingerprint density at radius 3 is 1.43 bits per heavy atom. The van der Waals surface area contributed by atoms with Crippen molar-refractivity contribution in [1.82, 2.24) is 0 Å². The fraction of sp³-hybridized carbons (Fsp3) is 0.941. The van der Waals surface area contributed by atoms with E-state index in [4.69, 9.17) is 4.74 Å². The summed E-state index contributed by atoms with van der Waals surface area (Å²) in [5.41, 5.74) is 0. The summed E-state index contributed by atoms with van der Waals surface area (Å²) in [6.07, 6.45) is 27.4. The van der Waals surface area contributed by atoms with Crippen LogP contribution in [0, 0.1) is 17.8 Å². The zero-order valence-electron chi connectivity index (χ0n) is 25.9. The Balaban J connectivity index is 4.41. The van der Waals surface area contributed by atoms with E-state index in [1.54, 1.807) is 0 Å². The highest BCUT2D eigenvalue weighted by Gasteiger charge is 2.32. The van der Waals surface area contributed by atoms with Gasteiger partial charge in [-0.05, 0) is 31.6 Å². The van der Waals surface area contributed by atoms with E-state index >= 15 is 0 Å². The maximum absolute atomic E-state index is 13.4. The SMILES string of the molecule is CCCCCCCCCCCCCCCCC(C(=O)OCC(CC)CCCC)C(=O)C(CC)CCCC. The predicted molar refractivity (Wildman–Crippen MR) is 161 cm³/mol. The number of hydrogen-bond acceptors (Lipinski definition) is 3. The molecule has 0 rings (SSSR count). The van der Waals surface area contributed by atoms with Gasteiger partial charge in [-0.3, -0.25) is 9.59 Å². The van der Waals surface area contributed by atoms with Gasteiger partial charge in [-0.1, -0.05) is 157 Å². The number of carbonyl (C=O) groups is 2. The Hall–Kier alpha value is -0.860. The number of ether oxygens (including phenoxy) is 1. The van der Waals surface area contributed by atoms with Crippen molar-refractivity contribution >= 4 is 11.8 Å². The molecule has 0 aromatic rings. The zero-order valence-corrected chi connectivity index (χ0v) is 25.9. The Morgan fingerprint density at radius 1 is 0.514 bits per heavy atom. The van der Waals surface area contributed by atoms with Gasteiger partial charge in [0.15, 0.2) is 0 Å². The van der Waals surface area contributed by atoms with Crippen molar-refractivity contribution in [2.75, 3.05) is 6.61 Å². The first kappa shape index (κ1) is 36.1. The van der Waals surface area contributed by atoms with Crippen LogP contribution in [0.1, 0.15) is 182 Å². The molecule has 220 valence electrons. The number of esters is 1. The second-order valence-corrected chi connectivity index (χ2v) is 11.6. The van der Waals surface area contributed by atoms with Crippen molar-refractivity contribution in [2.24, 2.45) is 17.8 Å². The first-order chi connectivity index (χ1) is 18.0. The largest absolute Gasteiger partial charge is 0.465 e. The topological polar surface area (TPSA) is 43.4 Å². The molecule has 0 aliphatic rings. The maximum atomic E-state index is 13.4. The molecule has 0 saturated carbocycles. The standard InChI is InChI=1S/C34H66O3/c1-6-11-14-15-16-17-18-19-20-21-22-23-24-25-28-32(33(35)31(10-5)27-13-8-3)34(36)37-29-30(9-4)26-12-7-2/h30-32H,6-29H2,1-5H3. The van der Waals surface area contributed by atoms with Crippen LogP contribution in [0.3, 0.4) is 0 Å². The summed E-state index contributed by atoms with van der Waals surface area (Å²) in [5, 5.41) is 0. The van der Waals surface area contributed by atoms with Gasteiger partial charge in [0.25, 0.3) is 0 Å². The summed E-state index contributed by atoms with van der Waals surface area (Å²) >= 11 is 0. The molecule has 3 atom stereocenters. The molecular formula is C34H66O3. The fourth-order valence-corrected chi connectivity index (χ4v) is 5.40. The molecule has 0 bridgehead atoms. The highest BCUT2D eigenvalue weighted by Crippen LogP contribution is 2.24. The van der Waals surface area contributed by atoms with Crippen LogP contribution in [0.5, 0.6) is 0 Å². The van der Waals surface area contributed by atoms with Crippen molar-refractivity contribution < 1.29 is 14.3 Å². The molecule has 0 N–H and O–H groups in total. The highest BCUT2D eigenvalue weighted by atomic mass is 16.5. The molecule has 0 aromatic heterocycles. The quantitative estimate of drug-likeness (QED) is 0.0583. The minimum Gasteiger partial charge on any atom is -0.465 e. The molecule has 0 radical (unpaired) electrons. The Bertz CT molecular complexity index is 515. The summed E-state index contributed by atoms with van der Waals surface area (Å²) in [4.78, 5) is 26.5. The third-order valence-electron chi connectivity index (χ3n) is 8.28. The molecule has 0 saturated heterocycles. The summed E-state index contributed by atoms with van der Waals surface area (Å²) < 4.78 is 5.78. The third-order valence-corrected chi connectivity index (χ3v) is 8.28. The average molecular weight is 523 g/mol. The van der Waals surface area contributed by atoms with Crippen LogP contribution < -0.4 is 0 Å². The first-order valence-corrected chi connectivity index (χ1v) is 16.8. The lowest BCUT2D eigenvalue weighted by Crippen LogP contribution is -2.32. The average Bonchev–Trinajstić information content (AvgIpc) is 2.91. The van der Waals surface area contributed by atoms with Crippen LogP contribution in [-0.4, -0.2) is 18.4 Å². The minimum absolute atomic E-state index is 0.00575. The Labute approximate surface area is 232 Å². The summed E-state index contributed by atoms with van der Waals surface area (Å²) in [6, 6.07) is 0. The van der Waals surface area contributed by atoms with Crippen molar-refractivity contribution in [3.63, 3.8) is 0 Å². The molecule has 0 heterocycles. The second kappa shape index (κ2) is 26.7. The lowest BCUT2D eigenvalue weighted by Gasteiger charge is -2.22. The predicted octanol–water partition coefficient (Wildman–Crippen LogP) is 11.0. The van der Waals surface area contributed by atoms with E-state index in [-0.39, 0.29) is 17.7 Å². The fourth-order valence-electron chi connectivity index (χ4n) is 5.40. The number of Topliss-reactive ketones (excluding diaryl/α,β-unsaturated/α-hetero) is 1. The van der Waals surface area contributed by atoms with Gasteiger partial charge in [-0.25, -0.2) is 0 Å².